The molecule has 0 fully saturated rings. The van der Waals surface area contributed by atoms with Gasteiger partial charge in [-0.1, -0.05) is 34.1 Å². The molecule has 0 amide bonds. The molecule has 1 heterocycles. The Morgan fingerprint density at radius 1 is 1.10 bits per heavy atom. The van der Waals surface area contributed by atoms with Crippen LogP contribution < -0.4 is 0 Å². The highest BCUT2D eigenvalue weighted by Crippen LogP contribution is 2.38. The average molecular weight is 330 g/mol. The second-order valence-electron chi connectivity index (χ2n) is 4.50. The van der Waals surface area contributed by atoms with Gasteiger partial charge < -0.3 is 10.1 Å². The number of nitrogens with zero attached hydrogens (tertiary/aromatic N) is 2. The minimum Gasteiger partial charge on any atom is -0.493 e. The van der Waals surface area contributed by atoms with Crippen molar-refractivity contribution in [3.63, 3.8) is 0 Å². The van der Waals surface area contributed by atoms with Crippen LogP contribution in [0.25, 0.3) is 10.9 Å². The van der Waals surface area contributed by atoms with Crippen LogP contribution in [0.1, 0.15) is 5.56 Å². The number of aryl methyl sites for hydroxylation is 1. The van der Waals surface area contributed by atoms with Gasteiger partial charge in [0.1, 0.15) is 0 Å². The van der Waals surface area contributed by atoms with Crippen LogP contribution in [0.3, 0.4) is 0 Å². The van der Waals surface area contributed by atoms with E-state index < -0.39 is 0 Å². The molecule has 0 spiro atoms. The molecule has 2 N–H and O–H groups in total. The number of benzene rings is 2. The summed E-state index contributed by atoms with van der Waals surface area (Å²) in [5.74, 6) is 0.0252. The number of hydrogen-bond donors (Lipinski definition) is 2. The molecule has 0 aliphatic heterocycles. The van der Waals surface area contributed by atoms with E-state index in [0.29, 0.717) is 5.69 Å². The van der Waals surface area contributed by atoms with Crippen molar-refractivity contribution in [2.45, 2.75) is 6.92 Å². The SMILES string of the molecule is Cc1cc2c(N=Nc3ccccc3)c(O)[nH]c2cc1Br. The van der Waals surface area contributed by atoms with Crippen LogP contribution in [-0.2, 0) is 0 Å². The molecule has 5 heteroatoms. The Morgan fingerprint density at radius 3 is 2.60 bits per heavy atom. The molecule has 0 saturated heterocycles. The van der Waals surface area contributed by atoms with Gasteiger partial charge in [0.15, 0.2) is 5.69 Å². The third kappa shape index (κ3) is 2.32. The van der Waals surface area contributed by atoms with Gasteiger partial charge in [-0.05, 0) is 36.8 Å². The van der Waals surface area contributed by atoms with E-state index in [0.717, 1.165) is 26.6 Å². The molecule has 2 aromatic carbocycles. The van der Waals surface area contributed by atoms with Crippen molar-refractivity contribution in [3.05, 3.63) is 52.5 Å². The van der Waals surface area contributed by atoms with Gasteiger partial charge in [-0.15, -0.1) is 5.11 Å². The highest BCUT2D eigenvalue weighted by Gasteiger charge is 2.12. The average Bonchev–Trinajstić information content (AvgIpc) is 2.73. The van der Waals surface area contributed by atoms with Crippen molar-refractivity contribution in [2.75, 3.05) is 0 Å². The maximum absolute atomic E-state index is 9.97. The predicted octanol–water partition coefficient (Wildman–Crippen LogP) is 5.36. The number of H-pyrrole nitrogens is 1. The fraction of sp³-hybridized carbons (Fsp3) is 0.0667. The molecule has 3 rings (SSSR count). The molecule has 0 atom stereocenters. The first kappa shape index (κ1) is 12.9. The summed E-state index contributed by atoms with van der Waals surface area (Å²) < 4.78 is 0.984. The van der Waals surface area contributed by atoms with E-state index in [2.05, 4.69) is 31.1 Å². The number of aromatic nitrogens is 1. The Kier molecular flexibility index (Phi) is 3.28. The van der Waals surface area contributed by atoms with Gasteiger partial charge in [-0.3, -0.25) is 0 Å². The minimum absolute atomic E-state index is 0.0252. The molecule has 0 saturated carbocycles. The topological polar surface area (TPSA) is 60.7 Å². The van der Waals surface area contributed by atoms with Crippen molar-refractivity contribution in [1.82, 2.24) is 4.98 Å². The van der Waals surface area contributed by atoms with E-state index in [1.807, 2.05) is 49.4 Å². The number of halogens is 1. The van der Waals surface area contributed by atoms with Gasteiger partial charge in [0.05, 0.1) is 11.2 Å². The first-order valence-corrected chi connectivity index (χ1v) is 6.92. The van der Waals surface area contributed by atoms with Gasteiger partial charge in [-0.2, -0.15) is 5.11 Å². The summed E-state index contributed by atoms with van der Waals surface area (Å²) in [7, 11) is 0. The fourth-order valence-corrected chi connectivity index (χ4v) is 2.34. The highest BCUT2D eigenvalue weighted by molar-refractivity contribution is 9.10. The second kappa shape index (κ2) is 5.09. The lowest BCUT2D eigenvalue weighted by atomic mass is 10.1. The molecule has 0 aliphatic rings. The monoisotopic (exact) mass is 329 g/mol. The van der Waals surface area contributed by atoms with Crippen molar-refractivity contribution >= 4 is 38.2 Å². The molecule has 0 unspecified atom stereocenters. The zero-order valence-corrected chi connectivity index (χ0v) is 12.3. The van der Waals surface area contributed by atoms with E-state index in [1.54, 1.807) is 0 Å². The summed E-state index contributed by atoms with van der Waals surface area (Å²) in [6.45, 7) is 1.99. The summed E-state index contributed by atoms with van der Waals surface area (Å²) >= 11 is 3.47. The van der Waals surface area contributed by atoms with E-state index in [4.69, 9.17) is 0 Å². The molecule has 4 nitrogen and oxygen atoms in total. The molecule has 0 radical (unpaired) electrons. The fourth-order valence-electron chi connectivity index (χ4n) is 2.00. The maximum Gasteiger partial charge on any atom is 0.218 e. The molecule has 1 aromatic heterocycles. The third-order valence-corrected chi connectivity index (χ3v) is 3.91. The van der Waals surface area contributed by atoms with Crippen LogP contribution in [0.5, 0.6) is 5.88 Å². The molecule has 0 aliphatic carbocycles. The minimum atomic E-state index is 0.0252. The predicted molar refractivity (Wildman–Crippen MR) is 83.0 cm³/mol. The van der Waals surface area contributed by atoms with Crippen LogP contribution in [-0.4, -0.2) is 10.1 Å². The zero-order chi connectivity index (χ0) is 14.1. The van der Waals surface area contributed by atoms with Crippen LogP contribution in [0.4, 0.5) is 11.4 Å². The first-order chi connectivity index (χ1) is 9.65. The summed E-state index contributed by atoms with van der Waals surface area (Å²) in [6, 6.07) is 13.3. The van der Waals surface area contributed by atoms with E-state index in [1.165, 1.54) is 0 Å². The molecule has 100 valence electrons. The number of azo groups is 1. The molecular formula is C15H12BrN3O. The normalized spacial score (nSPS) is 11.5. The van der Waals surface area contributed by atoms with Gasteiger partial charge >= 0.3 is 0 Å². The largest absolute Gasteiger partial charge is 0.493 e. The molecule has 0 bridgehead atoms. The highest BCUT2D eigenvalue weighted by atomic mass is 79.9. The lowest BCUT2D eigenvalue weighted by molar-refractivity contribution is 0.459. The van der Waals surface area contributed by atoms with E-state index >= 15 is 0 Å². The number of hydrogen-bond acceptors (Lipinski definition) is 3. The maximum atomic E-state index is 9.97. The first-order valence-electron chi connectivity index (χ1n) is 6.13. The van der Waals surface area contributed by atoms with Crippen LogP contribution in [0, 0.1) is 6.92 Å². The lowest BCUT2D eigenvalue weighted by Crippen LogP contribution is -1.75. The van der Waals surface area contributed by atoms with Crippen molar-refractivity contribution in [1.29, 1.82) is 0 Å². The lowest BCUT2D eigenvalue weighted by Gasteiger charge is -1.98. The van der Waals surface area contributed by atoms with Crippen LogP contribution in [0.2, 0.25) is 0 Å². The van der Waals surface area contributed by atoms with Gasteiger partial charge in [-0.25, -0.2) is 0 Å². The summed E-state index contributed by atoms with van der Waals surface area (Å²) in [5, 5.41) is 19.1. The Labute approximate surface area is 124 Å². The van der Waals surface area contributed by atoms with Crippen molar-refractivity contribution in [2.24, 2.45) is 10.2 Å². The Bertz CT molecular complexity index is 794. The number of aromatic hydroxyl groups is 1. The Morgan fingerprint density at radius 2 is 1.85 bits per heavy atom. The van der Waals surface area contributed by atoms with E-state index in [-0.39, 0.29) is 5.88 Å². The third-order valence-electron chi connectivity index (χ3n) is 3.05. The smallest absolute Gasteiger partial charge is 0.218 e. The molecule has 20 heavy (non-hydrogen) atoms. The van der Waals surface area contributed by atoms with Gasteiger partial charge in [0, 0.05) is 9.86 Å². The number of rotatable bonds is 2. The standard InChI is InChI=1S/C15H12BrN3O/c1-9-7-11-13(8-12(9)16)17-15(20)14(11)19-18-10-5-3-2-4-6-10/h2-8,17,20H,1H3. The number of fused-ring (bicyclic) bond motifs is 1. The zero-order valence-electron chi connectivity index (χ0n) is 10.8. The molecule has 3 aromatic rings. The summed E-state index contributed by atoms with van der Waals surface area (Å²) in [4.78, 5) is 2.90. The molecular weight excluding hydrogens is 318 g/mol. The van der Waals surface area contributed by atoms with Gasteiger partial charge in [0.25, 0.3) is 0 Å². The number of aromatic amines is 1. The van der Waals surface area contributed by atoms with Crippen molar-refractivity contribution in [3.8, 4) is 5.88 Å². The number of nitrogens with one attached hydrogen (secondary N) is 1. The summed E-state index contributed by atoms with van der Waals surface area (Å²) in [6.07, 6.45) is 0. The Balaban J connectivity index is 2.09. The summed E-state index contributed by atoms with van der Waals surface area (Å²) in [5.41, 5.74) is 3.10. The second-order valence-corrected chi connectivity index (χ2v) is 5.36. The Hall–Kier alpha value is -2.14. The van der Waals surface area contributed by atoms with Crippen LogP contribution in [0.15, 0.2) is 57.2 Å². The van der Waals surface area contributed by atoms with Crippen molar-refractivity contribution < 1.29 is 5.11 Å². The van der Waals surface area contributed by atoms with Crippen LogP contribution >= 0.6 is 15.9 Å². The van der Waals surface area contributed by atoms with Gasteiger partial charge in [0.2, 0.25) is 5.88 Å². The van der Waals surface area contributed by atoms with E-state index in [9.17, 15) is 5.11 Å². The quantitative estimate of drug-likeness (QED) is 0.611.